The first kappa shape index (κ1) is 11.1. The maximum Gasteiger partial charge on any atom is 0.122 e. The van der Waals surface area contributed by atoms with Gasteiger partial charge in [0.2, 0.25) is 0 Å². The van der Waals surface area contributed by atoms with Crippen LogP contribution in [-0.2, 0) is 6.54 Å². The molecule has 1 aliphatic heterocycles. The third-order valence-corrected chi connectivity index (χ3v) is 3.28. The number of hydrogen-bond donors (Lipinski definition) is 1. The molecule has 4 heteroatoms. The molecule has 4 nitrogen and oxygen atoms in total. The molecule has 1 aromatic carbocycles. The van der Waals surface area contributed by atoms with E-state index < -0.39 is 0 Å². The van der Waals surface area contributed by atoms with E-state index in [0.29, 0.717) is 23.8 Å². The van der Waals surface area contributed by atoms with Gasteiger partial charge in [-0.2, -0.15) is 0 Å². The van der Waals surface area contributed by atoms with Crippen molar-refractivity contribution in [3.63, 3.8) is 0 Å². The Balaban J connectivity index is 2.22. The van der Waals surface area contributed by atoms with Crippen molar-refractivity contribution in [3.05, 3.63) is 28.7 Å². The van der Waals surface area contributed by atoms with Gasteiger partial charge in [0.15, 0.2) is 0 Å². The Bertz CT molecular complexity index is 393. The molecule has 1 saturated heterocycles. The van der Waals surface area contributed by atoms with Gasteiger partial charge in [-0.05, 0) is 43.6 Å². The maximum atomic E-state index is 10.7. The molecule has 0 spiro atoms. The van der Waals surface area contributed by atoms with Crippen molar-refractivity contribution in [1.29, 1.82) is 0 Å². The lowest BCUT2D eigenvalue weighted by Crippen LogP contribution is -2.26. The minimum absolute atomic E-state index is 0.163. The normalized spacial score (nSPS) is 21.2. The summed E-state index contributed by atoms with van der Waals surface area (Å²) in [6.07, 6.45) is 2.36. The Morgan fingerprint density at radius 1 is 1.56 bits per heavy atom. The van der Waals surface area contributed by atoms with Crippen LogP contribution in [0.3, 0.4) is 0 Å². The molecule has 1 heterocycles. The summed E-state index contributed by atoms with van der Waals surface area (Å²) >= 11 is 0. The van der Waals surface area contributed by atoms with E-state index in [1.165, 1.54) is 12.8 Å². The lowest BCUT2D eigenvalue weighted by Gasteiger charge is -2.21. The fourth-order valence-electron chi connectivity index (χ4n) is 2.24. The summed E-state index contributed by atoms with van der Waals surface area (Å²) in [6.45, 7) is 3.80. The summed E-state index contributed by atoms with van der Waals surface area (Å²) in [4.78, 5) is 12.9. The van der Waals surface area contributed by atoms with Gasteiger partial charge >= 0.3 is 0 Å². The third kappa shape index (κ3) is 2.07. The first-order valence-corrected chi connectivity index (χ1v) is 5.60. The molecule has 2 rings (SSSR count). The van der Waals surface area contributed by atoms with Crippen molar-refractivity contribution in [3.8, 4) is 5.75 Å². The molecule has 1 aromatic rings. The predicted octanol–water partition coefficient (Wildman–Crippen LogP) is 2.77. The number of aromatic hydroxyl groups is 1. The van der Waals surface area contributed by atoms with Gasteiger partial charge in [-0.25, -0.2) is 0 Å². The Morgan fingerprint density at radius 2 is 2.38 bits per heavy atom. The summed E-state index contributed by atoms with van der Waals surface area (Å²) in [7, 11) is 0. The lowest BCUT2D eigenvalue weighted by atomic mass is 10.1. The van der Waals surface area contributed by atoms with E-state index in [-0.39, 0.29) is 5.75 Å². The van der Waals surface area contributed by atoms with Gasteiger partial charge in [-0.3, -0.25) is 4.90 Å². The number of nitroso groups, excluding NO2 is 1. The van der Waals surface area contributed by atoms with Gasteiger partial charge < -0.3 is 5.11 Å². The van der Waals surface area contributed by atoms with Gasteiger partial charge in [0.25, 0.3) is 0 Å². The van der Waals surface area contributed by atoms with Crippen LogP contribution in [0.1, 0.15) is 25.3 Å². The smallest absolute Gasteiger partial charge is 0.122 e. The highest BCUT2D eigenvalue weighted by molar-refractivity contribution is 5.52. The van der Waals surface area contributed by atoms with Crippen molar-refractivity contribution < 1.29 is 5.11 Å². The van der Waals surface area contributed by atoms with E-state index in [2.05, 4.69) is 17.0 Å². The van der Waals surface area contributed by atoms with Crippen LogP contribution in [0.2, 0.25) is 0 Å². The van der Waals surface area contributed by atoms with E-state index in [4.69, 9.17) is 0 Å². The van der Waals surface area contributed by atoms with E-state index in [9.17, 15) is 10.0 Å². The molecule has 1 N–H and O–H groups in total. The summed E-state index contributed by atoms with van der Waals surface area (Å²) in [5, 5.41) is 12.7. The molecule has 0 aromatic heterocycles. The van der Waals surface area contributed by atoms with Gasteiger partial charge in [0.1, 0.15) is 11.4 Å². The molecular formula is C12H16N2O2. The maximum absolute atomic E-state index is 10.7. The number of phenolic OH excluding ortho intramolecular Hbond substituents is 1. The molecule has 1 atom stereocenters. The number of phenols is 1. The van der Waals surface area contributed by atoms with Crippen molar-refractivity contribution >= 4 is 5.69 Å². The van der Waals surface area contributed by atoms with Crippen LogP contribution in [0.15, 0.2) is 23.4 Å². The highest BCUT2D eigenvalue weighted by Crippen LogP contribution is 2.31. The zero-order valence-electron chi connectivity index (χ0n) is 9.39. The van der Waals surface area contributed by atoms with E-state index in [1.807, 2.05) is 0 Å². The van der Waals surface area contributed by atoms with Crippen LogP contribution >= 0.6 is 0 Å². The highest BCUT2D eigenvalue weighted by atomic mass is 16.3. The molecule has 1 unspecified atom stereocenters. The van der Waals surface area contributed by atoms with Crippen LogP contribution in [0.5, 0.6) is 5.75 Å². The standard InChI is InChI=1S/C12H16N2O2/c1-9-4-3-7-14(9)8-10-11(13-16)5-2-6-12(10)15/h2,5-6,9,15H,3-4,7-8H2,1H3. The molecule has 16 heavy (non-hydrogen) atoms. The molecule has 0 aliphatic carbocycles. The summed E-state index contributed by atoms with van der Waals surface area (Å²) < 4.78 is 0. The van der Waals surface area contributed by atoms with Crippen LogP contribution < -0.4 is 0 Å². The van der Waals surface area contributed by atoms with Crippen molar-refractivity contribution in [2.75, 3.05) is 6.54 Å². The molecule has 1 aliphatic rings. The average Bonchev–Trinajstić information content (AvgIpc) is 2.67. The van der Waals surface area contributed by atoms with Gasteiger partial charge in [-0.15, -0.1) is 4.91 Å². The Labute approximate surface area is 94.9 Å². The zero-order valence-corrected chi connectivity index (χ0v) is 9.39. The first-order chi connectivity index (χ1) is 7.72. The molecule has 0 amide bonds. The van der Waals surface area contributed by atoms with Gasteiger partial charge in [0.05, 0.1) is 0 Å². The van der Waals surface area contributed by atoms with Crippen molar-refractivity contribution in [2.45, 2.75) is 32.4 Å². The van der Waals surface area contributed by atoms with E-state index in [1.54, 1.807) is 18.2 Å². The molecule has 0 saturated carbocycles. The van der Waals surface area contributed by atoms with Crippen LogP contribution in [0, 0.1) is 4.91 Å². The Kier molecular flexibility index (Phi) is 3.19. The molecule has 86 valence electrons. The fraction of sp³-hybridized carbons (Fsp3) is 0.500. The zero-order chi connectivity index (χ0) is 11.5. The minimum Gasteiger partial charge on any atom is -0.508 e. The van der Waals surface area contributed by atoms with Crippen molar-refractivity contribution in [1.82, 2.24) is 4.90 Å². The number of benzene rings is 1. The Morgan fingerprint density at radius 3 is 3.00 bits per heavy atom. The topological polar surface area (TPSA) is 52.9 Å². The SMILES string of the molecule is CC1CCCN1Cc1c(O)cccc1N=O. The number of likely N-dealkylation sites (tertiary alicyclic amines) is 1. The summed E-state index contributed by atoms with van der Waals surface area (Å²) in [5.41, 5.74) is 0.991. The third-order valence-electron chi connectivity index (χ3n) is 3.28. The molecule has 1 fully saturated rings. The molecular weight excluding hydrogens is 204 g/mol. The summed E-state index contributed by atoms with van der Waals surface area (Å²) in [5.74, 6) is 0.163. The fourth-order valence-corrected chi connectivity index (χ4v) is 2.24. The van der Waals surface area contributed by atoms with Gasteiger partial charge in [0, 0.05) is 18.2 Å². The molecule has 0 radical (unpaired) electrons. The van der Waals surface area contributed by atoms with Crippen LogP contribution in [0.4, 0.5) is 5.69 Å². The Hall–Kier alpha value is -1.42. The van der Waals surface area contributed by atoms with Crippen LogP contribution in [0.25, 0.3) is 0 Å². The largest absolute Gasteiger partial charge is 0.508 e. The second-order valence-corrected chi connectivity index (χ2v) is 4.33. The van der Waals surface area contributed by atoms with E-state index >= 15 is 0 Å². The minimum atomic E-state index is 0.163. The number of hydrogen-bond acceptors (Lipinski definition) is 4. The van der Waals surface area contributed by atoms with Gasteiger partial charge in [-0.1, -0.05) is 6.07 Å². The second kappa shape index (κ2) is 4.61. The molecule has 0 bridgehead atoms. The monoisotopic (exact) mass is 220 g/mol. The van der Waals surface area contributed by atoms with Crippen molar-refractivity contribution in [2.24, 2.45) is 5.18 Å². The summed E-state index contributed by atoms with van der Waals surface area (Å²) in [6, 6.07) is 5.40. The number of rotatable bonds is 3. The average molecular weight is 220 g/mol. The second-order valence-electron chi connectivity index (χ2n) is 4.33. The predicted molar refractivity (Wildman–Crippen MR) is 62.7 cm³/mol. The van der Waals surface area contributed by atoms with E-state index in [0.717, 1.165) is 6.54 Å². The lowest BCUT2D eigenvalue weighted by molar-refractivity contribution is 0.257. The quantitative estimate of drug-likeness (QED) is 0.797. The number of nitrogens with zero attached hydrogens (tertiary/aromatic N) is 2. The van der Waals surface area contributed by atoms with Crippen LogP contribution in [-0.4, -0.2) is 22.6 Å². The highest BCUT2D eigenvalue weighted by Gasteiger charge is 2.22. The first-order valence-electron chi connectivity index (χ1n) is 5.60.